The van der Waals surface area contributed by atoms with Gasteiger partial charge in [0, 0.05) is 18.8 Å². The lowest BCUT2D eigenvalue weighted by Gasteiger charge is -2.08. The van der Waals surface area contributed by atoms with Crippen LogP contribution in [0.5, 0.6) is 0 Å². The first-order valence-electron chi connectivity index (χ1n) is 5.00. The van der Waals surface area contributed by atoms with E-state index in [9.17, 15) is 9.59 Å². The minimum absolute atomic E-state index is 0.258. The van der Waals surface area contributed by atoms with Crippen LogP contribution in [0.15, 0.2) is 24.5 Å². The second-order valence-corrected chi connectivity index (χ2v) is 3.48. The predicted octanol–water partition coefficient (Wildman–Crippen LogP) is 0.603. The molecule has 1 atom stereocenters. The molecule has 5 heteroatoms. The van der Waals surface area contributed by atoms with Gasteiger partial charge in [0.15, 0.2) is 0 Å². The van der Waals surface area contributed by atoms with E-state index in [0.29, 0.717) is 6.42 Å². The second kappa shape index (κ2) is 5.85. The maximum absolute atomic E-state index is 11.3. The standard InChI is InChI=1S/C11H14N2O3/c1-8(11(15)16)13-10(14)3-2-9-4-6-12-7-5-9/h4-8H,2-3H2,1H3,(H,13,14)(H,15,16)/t8-/m1/s1. The van der Waals surface area contributed by atoms with Gasteiger partial charge >= 0.3 is 5.97 Å². The van der Waals surface area contributed by atoms with Crippen LogP contribution in [0.2, 0.25) is 0 Å². The third-order valence-electron chi connectivity index (χ3n) is 2.14. The fourth-order valence-corrected chi connectivity index (χ4v) is 1.18. The smallest absolute Gasteiger partial charge is 0.325 e. The molecule has 16 heavy (non-hydrogen) atoms. The molecule has 0 radical (unpaired) electrons. The van der Waals surface area contributed by atoms with Crippen LogP contribution >= 0.6 is 0 Å². The molecule has 86 valence electrons. The third-order valence-corrected chi connectivity index (χ3v) is 2.14. The number of nitrogens with one attached hydrogen (secondary N) is 1. The highest BCUT2D eigenvalue weighted by molar-refractivity contribution is 5.83. The molecule has 1 rings (SSSR count). The maximum atomic E-state index is 11.3. The van der Waals surface area contributed by atoms with Gasteiger partial charge in [-0.25, -0.2) is 0 Å². The fraction of sp³-hybridized carbons (Fsp3) is 0.364. The minimum atomic E-state index is -1.03. The summed E-state index contributed by atoms with van der Waals surface area (Å²) in [4.78, 5) is 25.7. The molecule has 0 aliphatic carbocycles. The molecule has 1 heterocycles. The van der Waals surface area contributed by atoms with Crippen LogP contribution < -0.4 is 5.32 Å². The van der Waals surface area contributed by atoms with Gasteiger partial charge in [-0.05, 0) is 31.0 Å². The number of hydrogen-bond donors (Lipinski definition) is 2. The average Bonchev–Trinajstić information content (AvgIpc) is 2.27. The van der Waals surface area contributed by atoms with E-state index < -0.39 is 12.0 Å². The Kier molecular flexibility index (Phi) is 4.44. The van der Waals surface area contributed by atoms with E-state index in [4.69, 9.17) is 5.11 Å². The molecule has 0 bridgehead atoms. The van der Waals surface area contributed by atoms with Crippen molar-refractivity contribution in [3.05, 3.63) is 30.1 Å². The summed E-state index contributed by atoms with van der Waals surface area (Å²) in [7, 11) is 0. The van der Waals surface area contributed by atoms with E-state index in [-0.39, 0.29) is 12.3 Å². The van der Waals surface area contributed by atoms with E-state index in [1.54, 1.807) is 12.4 Å². The highest BCUT2D eigenvalue weighted by Crippen LogP contribution is 2.00. The summed E-state index contributed by atoms with van der Waals surface area (Å²) < 4.78 is 0. The summed E-state index contributed by atoms with van der Waals surface area (Å²) in [6, 6.07) is 2.81. The lowest BCUT2D eigenvalue weighted by Crippen LogP contribution is -2.38. The van der Waals surface area contributed by atoms with E-state index in [1.165, 1.54) is 6.92 Å². The zero-order valence-electron chi connectivity index (χ0n) is 9.01. The van der Waals surface area contributed by atoms with E-state index in [0.717, 1.165) is 5.56 Å². The lowest BCUT2D eigenvalue weighted by atomic mass is 10.1. The number of nitrogens with zero attached hydrogens (tertiary/aromatic N) is 1. The van der Waals surface area contributed by atoms with Crippen molar-refractivity contribution in [1.29, 1.82) is 0 Å². The Morgan fingerprint density at radius 2 is 2.06 bits per heavy atom. The number of hydrogen-bond acceptors (Lipinski definition) is 3. The molecule has 5 nitrogen and oxygen atoms in total. The van der Waals surface area contributed by atoms with Crippen LogP contribution in [-0.4, -0.2) is 28.0 Å². The Hall–Kier alpha value is -1.91. The van der Waals surface area contributed by atoms with Crippen molar-refractivity contribution in [1.82, 2.24) is 10.3 Å². The quantitative estimate of drug-likeness (QED) is 0.764. The van der Waals surface area contributed by atoms with Crippen LogP contribution in [0, 0.1) is 0 Å². The molecule has 0 aromatic carbocycles. The van der Waals surface area contributed by atoms with Gasteiger partial charge in [0.2, 0.25) is 5.91 Å². The number of carboxylic acids is 1. The molecule has 1 aromatic heterocycles. The van der Waals surface area contributed by atoms with Crippen molar-refractivity contribution in [2.75, 3.05) is 0 Å². The van der Waals surface area contributed by atoms with Gasteiger partial charge < -0.3 is 10.4 Å². The summed E-state index contributed by atoms with van der Waals surface area (Å²) in [6.45, 7) is 1.44. The van der Waals surface area contributed by atoms with Gasteiger partial charge in [0.25, 0.3) is 0 Å². The highest BCUT2D eigenvalue weighted by Gasteiger charge is 2.13. The van der Waals surface area contributed by atoms with Gasteiger partial charge in [-0.2, -0.15) is 0 Å². The van der Waals surface area contributed by atoms with Crippen molar-refractivity contribution >= 4 is 11.9 Å². The van der Waals surface area contributed by atoms with Crippen molar-refractivity contribution < 1.29 is 14.7 Å². The summed E-state index contributed by atoms with van der Waals surface area (Å²) in [5, 5.41) is 11.0. The highest BCUT2D eigenvalue weighted by atomic mass is 16.4. The zero-order chi connectivity index (χ0) is 12.0. The number of carboxylic acid groups (broad SMARTS) is 1. The van der Waals surface area contributed by atoms with Gasteiger partial charge in [-0.15, -0.1) is 0 Å². The number of amides is 1. The monoisotopic (exact) mass is 222 g/mol. The minimum Gasteiger partial charge on any atom is -0.480 e. The first-order chi connectivity index (χ1) is 7.59. The Bertz CT molecular complexity index is 365. The Labute approximate surface area is 93.5 Å². The molecule has 0 unspecified atom stereocenters. The molecule has 1 amide bonds. The molecular weight excluding hydrogens is 208 g/mol. The molecule has 0 saturated heterocycles. The average molecular weight is 222 g/mol. The van der Waals surface area contributed by atoms with Crippen LogP contribution in [0.25, 0.3) is 0 Å². The predicted molar refractivity (Wildman–Crippen MR) is 57.8 cm³/mol. The van der Waals surface area contributed by atoms with Crippen LogP contribution in [0.4, 0.5) is 0 Å². The summed E-state index contributed by atoms with van der Waals surface area (Å²) >= 11 is 0. The Balaban J connectivity index is 2.33. The maximum Gasteiger partial charge on any atom is 0.325 e. The Morgan fingerprint density at radius 3 is 2.62 bits per heavy atom. The van der Waals surface area contributed by atoms with Crippen LogP contribution in [-0.2, 0) is 16.0 Å². The number of aryl methyl sites for hydroxylation is 1. The van der Waals surface area contributed by atoms with Crippen molar-refractivity contribution in [2.45, 2.75) is 25.8 Å². The molecule has 0 fully saturated rings. The largest absolute Gasteiger partial charge is 0.480 e. The molecule has 2 N–H and O–H groups in total. The van der Waals surface area contributed by atoms with Crippen LogP contribution in [0.3, 0.4) is 0 Å². The molecule has 0 aliphatic rings. The fourth-order valence-electron chi connectivity index (χ4n) is 1.18. The molecule has 0 aliphatic heterocycles. The second-order valence-electron chi connectivity index (χ2n) is 3.48. The van der Waals surface area contributed by atoms with Gasteiger partial charge in [0.1, 0.15) is 6.04 Å². The van der Waals surface area contributed by atoms with Crippen molar-refractivity contribution in [3.63, 3.8) is 0 Å². The van der Waals surface area contributed by atoms with Gasteiger partial charge in [-0.3, -0.25) is 14.6 Å². The number of aliphatic carboxylic acids is 1. The number of carbonyl (C=O) groups excluding carboxylic acids is 1. The van der Waals surface area contributed by atoms with Crippen LogP contribution in [0.1, 0.15) is 18.9 Å². The number of aromatic nitrogens is 1. The van der Waals surface area contributed by atoms with E-state index in [1.807, 2.05) is 12.1 Å². The van der Waals surface area contributed by atoms with Crippen molar-refractivity contribution in [3.8, 4) is 0 Å². The summed E-state index contributed by atoms with van der Waals surface area (Å²) in [5.74, 6) is -1.29. The number of rotatable bonds is 5. The zero-order valence-corrected chi connectivity index (χ0v) is 9.01. The van der Waals surface area contributed by atoms with Gasteiger partial charge in [0.05, 0.1) is 0 Å². The molecule has 0 spiro atoms. The van der Waals surface area contributed by atoms with Crippen molar-refractivity contribution in [2.24, 2.45) is 0 Å². The van der Waals surface area contributed by atoms with E-state index in [2.05, 4.69) is 10.3 Å². The summed E-state index contributed by atoms with van der Waals surface area (Å²) in [6.07, 6.45) is 4.18. The molecule has 1 aromatic rings. The molecular formula is C11H14N2O3. The number of carbonyl (C=O) groups is 2. The topological polar surface area (TPSA) is 79.3 Å². The van der Waals surface area contributed by atoms with E-state index >= 15 is 0 Å². The summed E-state index contributed by atoms with van der Waals surface area (Å²) in [5.41, 5.74) is 1.01. The number of pyridine rings is 1. The third kappa shape index (κ3) is 4.08. The first kappa shape index (κ1) is 12.2. The normalized spacial score (nSPS) is 11.8. The van der Waals surface area contributed by atoms with Gasteiger partial charge in [-0.1, -0.05) is 0 Å². The first-order valence-corrected chi connectivity index (χ1v) is 5.00. The molecule has 0 saturated carbocycles. The SMILES string of the molecule is C[C@@H](NC(=O)CCc1ccncc1)C(=O)O. The lowest BCUT2D eigenvalue weighted by molar-refractivity contribution is -0.141. The Morgan fingerprint density at radius 1 is 1.44 bits per heavy atom.